The standard InChI is InChI=1S/C17H17F3N2O3S/c1-10-4-5-12(8-11(10)2)16(23)21-15-9-13(17(18,19)20)6-7-14(15)22-26(3,24)25/h4-9,22H,1-3H3,(H,21,23). The molecule has 2 aromatic carbocycles. The minimum Gasteiger partial charge on any atom is -0.320 e. The average Bonchev–Trinajstić information content (AvgIpc) is 2.49. The average molecular weight is 386 g/mol. The number of rotatable bonds is 4. The molecule has 5 nitrogen and oxygen atoms in total. The van der Waals surface area contributed by atoms with E-state index in [1.54, 1.807) is 19.1 Å². The summed E-state index contributed by atoms with van der Waals surface area (Å²) in [6.45, 7) is 3.66. The van der Waals surface area contributed by atoms with E-state index in [1.807, 2.05) is 6.92 Å². The van der Waals surface area contributed by atoms with Crippen LogP contribution in [0.5, 0.6) is 0 Å². The predicted molar refractivity (Wildman–Crippen MR) is 93.8 cm³/mol. The maximum atomic E-state index is 12.9. The molecule has 0 bridgehead atoms. The third-order valence-corrected chi connectivity index (χ3v) is 4.25. The Morgan fingerprint density at radius 1 is 0.962 bits per heavy atom. The number of hydrogen-bond donors (Lipinski definition) is 2. The van der Waals surface area contributed by atoms with E-state index in [9.17, 15) is 26.4 Å². The molecule has 0 heterocycles. The van der Waals surface area contributed by atoms with Gasteiger partial charge in [-0.25, -0.2) is 8.42 Å². The molecular weight excluding hydrogens is 369 g/mol. The van der Waals surface area contributed by atoms with Crippen molar-refractivity contribution >= 4 is 27.3 Å². The summed E-state index contributed by atoms with van der Waals surface area (Å²) in [4.78, 5) is 12.4. The largest absolute Gasteiger partial charge is 0.416 e. The van der Waals surface area contributed by atoms with E-state index in [0.29, 0.717) is 6.07 Å². The minimum atomic E-state index is -4.64. The highest BCUT2D eigenvalue weighted by molar-refractivity contribution is 7.92. The molecule has 0 aromatic heterocycles. The van der Waals surface area contributed by atoms with Crippen LogP contribution in [0.4, 0.5) is 24.5 Å². The van der Waals surface area contributed by atoms with Gasteiger partial charge in [0.05, 0.1) is 23.2 Å². The van der Waals surface area contributed by atoms with Gasteiger partial charge in [0.2, 0.25) is 10.0 Å². The number of benzene rings is 2. The molecule has 0 radical (unpaired) electrons. The van der Waals surface area contributed by atoms with Crippen LogP contribution in [0.25, 0.3) is 0 Å². The number of carbonyl (C=O) groups excluding carboxylic acids is 1. The summed E-state index contributed by atoms with van der Waals surface area (Å²) in [6, 6.07) is 7.23. The van der Waals surface area contributed by atoms with Crippen molar-refractivity contribution in [2.24, 2.45) is 0 Å². The topological polar surface area (TPSA) is 75.3 Å². The van der Waals surface area contributed by atoms with Crippen molar-refractivity contribution in [1.82, 2.24) is 0 Å². The highest BCUT2D eigenvalue weighted by Crippen LogP contribution is 2.34. The number of nitrogens with one attached hydrogen (secondary N) is 2. The van der Waals surface area contributed by atoms with Gasteiger partial charge in [-0.15, -0.1) is 0 Å². The van der Waals surface area contributed by atoms with Gasteiger partial charge in [0.25, 0.3) is 5.91 Å². The lowest BCUT2D eigenvalue weighted by atomic mass is 10.1. The minimum absolute atomic E-state index is 0.155. The zero-order valence-electron chi connectivity index (χ0n) is 14.2. The summed E-state index contributed by atoms with van der Waals surface area (Å²) in [5.74, 6) is -0.649. The maximum absolute atomic E-state index is 12.9. The summed E-state index contributed by atoms with van der Waals surface area (Å²) in [5, 5.41) is 2.34. The van der Waals surface area contributed by atoms with Gasteiger partial charge >= 0.3 is 6.18 Å². The zero-order valence-corrected chi connectivity index (χ0v) is 15.0. The van der Waals surface area contributed by atoms with Gasteiger partial charge in [0.1, 0.15) is 0 Å². The van der Waals surface area contributed by atoms with Gasteiger partial charge in [0, 0.05) is 5.56 Å². The Hall–Kier alpha value is -2.55. The molecule has 0 aliphatic carbocycles. The molecule has 0 aliphatic rings. The molecular formula is C17H17F3N2O3S. The summed E-state index contributed by atoms with van der Waals surface area (Å²) in [7, 11) is -3.74. The molecule has 1 amide bonds. The molecule has 0 aliphatic heterocycles. The normalized spacial score (nSPS) is 11.9. The quantitative estimate of drug-likeness (QED) is 0.836. The lowest BCUT2D eigenvalue weighted by Crippen LogP contribution is -2.17. The Morgan fingerprint density at radius 3 is 2.15 bits per heavy atom. The van der Waals surface area contributed by atoms with Gasteiger partial charge in [-0.3, -0.25) is 9.52 Å². The number of amides is 1. The van der Waals surface area contributed by atoms with Crippen LogP contribution >= 0.6 is 0 Å². The van der Waals surface area contributed by atoms with E-state index in [0.717, 1.165) is 29.5 Å². The molecule has 0 saturated heterocycles. The number of halogens is 3. The van der Waals surface area contributed by atoms with Crippen molar-refractivity contribution in [3.05, 3.63) is 58.7 Å². The number of anilines is 2. The van der Waals surface area contributed by atoms with Gasteiger partial charge in [0.15, 0.2) is 0 Å². The third-order valence-electron chi connectivity index (χ3n) is 3.66. The van der Waals surface area contributed by atoms with E-state index in [4.69, 9.17) is 0 Å². The second-order valence-corrected chi connectivity index (χ2v) is 7.63. The van der Waals surface area contributed by atoms with Crippen LogP contribution in [0.15, 0.2) is 36.4 Å². The Morgan fingerprint density at radius 2 is 1.62 bits per heavy atom. The first-order valence-corrected chi connectivity index (χ1v) is 9.33. The first kappa shape index (κ1) is 19.8. The van der Waals surface area contributed by atoms with Crippen LogP contribution in [0, 0.1) is 13.8 Å². The van der Waals surface area contributed by atoms with E-state index in [2.05, 4.69) is 10.0 Å². The van der Waals surface area contributed by atoms with E-state index >= 15 is 0 Å². The molecule has 0 saturated carbocycles. The van der Waals surface area contributed by atoms with Crippen LogP contribution < -0.4 is 10.0 Å². The van der Waals surface area contributed by atoms with Gasteiger partial charge in [-0.1, -0.05) is 6.07 Å². The molecule has 26 heavy (non-hydrogen) atoms. The number of carbonyl (C=O) groups is 1. The highest BCUT2D eigenvalue weighted by atomic mass is 32.2. The van der Waals surface area contributed by atoms with Crippen LogP contribution in [0.3, 0.4) is 0 Å². The second-order valence-electron chi connectivity index (χ2n) is 5.89. The predicted octanol–water partition coefficient (Wildman–Crippen LogP) is 3.95. The van der Waals surface area contributed by atoms with Crippen molar-refractivity contribution in [3.63, 3.8) is 0 Å². The number of sulfonamides is 1. The van der Waals surface area contributed by atoms with Crippen LogP contribution in [0.1, 0.15) is 27.0 Å². The van der Waals surface area contributed by atoms with Gasteiger partial charge < -0.3 is 5.32 Å². The Bertz CT molecular complexity index is 954. The summed E-state index contributed by atoms with van der Waals surface area (Å²) < 4.78 is 63.8. The van der Waals surface area contributed by atoms with Crippen molar-refractivity contribution in [1.29, 1.82) is 0 Å². The van der Waals surface area contributed by atoms with Gasteiger partial charge in [-0.05, 0) is 55.3 Å². The van der Waals surface area contributed by atoms with Crippen molar-refractivity contribution in [3.8, 4) is 0 Å². The molecule has 0 fully saturated rings. The van der Waals surface area contributed by atoms with Crippen LogP contribution in [-0.4, -0.2) is 20.6 Å². The SMILES string of the molecule is Cc1ccc(C(=O)Nc2cc(C(F)(F)F)ccc2NS(C)(=O)=O)cc1C. The van der Waals surface area contributed by atoms with E-state index in [-0.39, 0.29) is 16.9 Å². The molecule has 2 N–H and O–H groups in total. The molecule has 0 atom stereocenters. The third kappa shape index (κ3) is 4.98. The smallest absolute Gasteiger partial charge is 0.320 e. The lowest BCUT2D eigenvalue weighted by molar-refractivity contribution is -0.137. The number of alkyl halides is 3. The fraction of sp³-hybridized carbons (Fsp3) is 0.235. The fourth-order valence-corrected chi connectivity index (χ4v) is 2.77. The summed E-state index contributed by atoms with van der Waals surface area (Å²) in [5.41, 5.74) is 0.602. The van der Waals surface area contributed by atoms with Crippen molar-refractivity contribution in [2.45, 2.75) is 20.0 Å². The number of aryl methyl sites for hydroxylation is 2. The van der Waals surface area contributed by atoms with Crippen LogP contribution in [0.2, 0.25) is 0 Å². The molecule has 2 rings (SSSR count). The van der Waals surface area contributed by atoms with Crippen molar-refractivity contribution in [2.75, 3.05) is 16.3 Å². The zero-order chi connectivity index (χ0) is 19.7. The van der Waals surface area contributed by atoms with Crippen molar-refractivity contribution < 1.29 is 26.4 Å². The fourth-order valence-electron chi connectivity index (χ4n) is 2.19. The highest BCUT2D eigenvalue weighted by Gasteiger charge is 2.31. The Kier molecular flexibility index (Phi) is 5.31. The molecule has 9 heteroatoms. The Balaban J connectivity index is 2.43. The molecule has 2 aromatic rings. The molecule has 0 spiro atoms. The molecule has 140 valence electrons. The maximum Gasteiger partial charge on any atom is 0.416 e. The lowest BCUT2D eigenvalue weighted by Gasteiger charge is -2.15. The van der Waals surface area contributed by atoms with Gasteiger partial charge in [-0.2, -0.15) is 13.2 Å². The first-order valence-electron chi connectivity index (χ1n) is 7.44. The van der Waals surface area contributed by atoms with Crippen LogP contribution in [-0.2, 0) is 16.2 Å². The number of hydrogen-bond acceptors (Lipinski definition) is 3. The van der Waals surface area contributed by atoms with E-state index in [1.165, 1.54) is 6.07 Å². The first-order chi connectivity index (χ1) is 11.9. The second kappa shape index (κ2) is 6.99. The molecule has 0 unspecified atom stereocenters. The Labute approximate surface area is 149 Å². The monoisotopic (exact) mass is 386 g/mol. The van der Waals surface area contributed by atoms with E-state index < -0.39 is 27.7 Å². The summed E-state index contributed by atoms with van der Waals surface area (Å²) >= 11 is 0. The summed E-state index contributed by atoms with van der Waals surface area (Å²) in [6.07, 6.45) is -3.77.